The van der Waals surface area contributed by atoms with Gasteiger partial charge in [0.1, 0.15) is 6.10 Å². The van der Waals surface area contributed by atoms with E-state index in [0.717, 1.165) is 5.56 Å². The lowest BCUT2D eigenvalue weighted by Crippen LogP contribution is -2.32. The molecule has 2 atom stereocenters. The molecule has 1 N–H and O–H groups in total. The smallest absolute Gasteiger partial charge is 0.338 e. The van der Waals surface area contributed by atoms with Crippen molar-refractivity contribution in [3.05, 3.63) is 71.8 Å². The molecule has 2 aromatic carbocycles. The highest BCUT2D eigenvalue weighted by atomic mass is 16.5. The van der Waals surface area contributed by atoms with Crippen molar-refractivity contribution >= 4 is 11.9 Å². The number of rotatable bonds is 6. The summed E-state index contributed by atoms with van der Waals surface area (Å²) in [6.45, 7) is 1.61. The molecule has 0 fully saturated rings. The first-order chi connectivity index (χ1) is 10.6. The molecule has 2 unspecified atom stereocenters. The van der Waals surface area contributed by atoms with Gasteiger partial charge in [-0.3, -0.25) is 4.79 Å². The molecule has 114 valence electrons. The van der Waals surface area contributed by atoms with Gasteiger partial charge in [0.2, 0.25) is 0 Å². The van der Waals surface area contributed by atoms with Gasteiger partial charge < -0.3 is 9.84 Å². The van der Waals surface area contributed by atoms with E-state index in [9.17, 15) is 14.7 Å². The molecule has 0 saturated heterocycles. The molecule has 0 spiro atoms. The minimum atomic E-state index is -0.975. The van der Waals surface area contributed by atoms with E-state index < -0.39 is 24.0 Å². The molecule has 0 aliphatic rings. The number of carbonyl (C=O) groups is 2. The van der Waals surface area contributed by atoms with Crippen molar-refractivity contribution in [1.82, 2.24) is 0 Å². The summed E-state index contributed by atoms with van der Waals surface area (Å²) < 4.78 is 5.31. The summed E-state index contributed by atoms with van der Waals surface area (Å²) in [5, 5.41) is 9.40. The number of aliphatic carboxylic acids is 1. The minimum Gasteiger partial charge on any atom is -0.481 e. The highest BCUT2D eigenvalue weighted by molar-refractivity contribution is 5.89. The minimum absolute atomic E-state index is 0.319. The molecule has 0 heterocycles. The highest BCUT2D eigenvalue weighted by Crippen LogP contribution is 2.17. The normalized spacial score (nSPS) is 13.1. The summed E-state index contributed by atoms with van der Waals surface area (Å²) in [4.78, 5) is 23.5. The van der Waals surface area contributed by atoms with Crippen molar-refractivity contribution in [2.75, 3.05) is 0 Å². The van der Waals surface area contributed by atoms with Crippen LogP contribution in [-0.4, -0.2) is 23.1 Å². The van der Waals surface area contributed by atoms with Gasteiger partial charge in [-0.05, 0) is 31.0 Å². The van der Waals surface area contributed by atoms with Gasteiger partial charge in [0.25, 0.3) is 0 Å². The van der Waals surface area contributed by atoms with Crippen molar-refractivity contribution in [3.63, 3.8) is 0 Å². The lowest BCUT2D eigenvalue weighted by molar-refractivity contribution is -0.145. The Morgan fingerprint density at radius 2 is 1.55 bits per heavy atom. The highest BCUT2D eigenvalue weighted by Gasteiger charge is 2.28. The van der Waals surface area contributed by atoms with Crippen LogP contribution in [0.25, 0.3) is 0 Å². The molecule has 0 aliphatic carbocycles. The van der Waals surface area contributed by atoms with E-state index in [1.807, 2.05) is 30.3 Å². The number of carboxylic acid groups (broad SMARTS) is 1. The fourth-order valence-electron chi connectivity index (χ4n) is 2.22. The van der Waals surface area contributed by atoms with Gasteiger partial charge in [-0.25, -0.2) is 4.79 Å². The Bertz CT molecular complexity index is 622. The van der Waals surface area contributed by atoms with Crippen molar-refractivity contribution in [3.8, 4) is 0 Å². The van der Waals surface area contributed by atoms with E-state index in [2.05, 4.69) is 0 Å². The van der Waals surface area contributed by atoms with Crippen LogP contribution in [0.2, 0.25) is 0 Å². The SMILES string of the molecule is CC(OC(=O)c1ccccc1)C(Cc1ccccc1)C(=O)O. The van der Waals surface area contributed by atoms with E-state index >= 15 is 0 Å². The molecular weight excluding hydrogens is 280 g/mol. The second-order valence-corrected chi connectivity index (χ2v) is 5.11. The van der Waals surface area contributed by atoms with E-state index in [1.165, 1.54) is 0 Å². The number of esters is 1. The van der Waals surface area contributed by atoms with Crippen molar-refractivity contribution in [2.45, 2.75) is 19.4 Å². The van der Waals surface area contributed by atoms with Gasteiger partial charge in [0, 0.05) is 0 Å². The van der Waals surface area contributed by atoms with E-state index in [4.69, 9.17) is 4.74 Å². The predicted octanol–water partition coefficient (Wildman–Crippen LogP) is 3.18. The van der Waals surface area contributed by atoms with Gasteiger partial charge in [-0.2, -0.15) is 0 Å². The van der Waals surface area contributed by atoms with Gasteiger partial charge in [0.05, 0.1) is 11.5 Å². The Kier molecular flexibility index (Phi) is 5.31. The van der Waals surface area contributed by atoms with Crippen LogP contribution < -0.4 is 0 Å². The van der Waals surface area contributed by atoms with Crippen LogP contribution in [0.5, 0.6) is 0 Å². The molecule has 0 aliphatic heterocycles. The quantitative estimate of drug-likeness (QED) is 0.832. The Morgan fingerprint density at radius 3 is 2.09 bits per heavy atom. The zero-order chi connectivity index (χ0) is 15.9. The zero-order valence-corrected chi connectivity index (χ0v) is 12.3. The predicted molar refractivity (Wildman–Crippen MR) is 82.6 cm³/mol. The van der Waals surface area contributed by atoms with E-state index in [1.54, 1.807) is 37.3 Å². The molecule has 0 aromatic heterocycles. The first-order valence-electron chi connectivity index (χ1n) is 7.10. The van der Waals surface area contributed by atoms with E-state index in [-0.39, 0.29) is 0 Å². The summed E-state index contributed by atoms with van der Waals surface area (Å²) in [5.74, 6) is -2.26. The van der Waals surface area contributed by atoms with Crippen LogP contribution in [-0.2, 0) is 16.0 Å². The maximum atomic E-state index is 12.0. The van der Waals surface area contributed by atoms with Crippen molar-refractivity contribution in [2.24, 2.45) is 5.92 Å². The summed E-state index contributed by atoms with van der Waals surface area (Å²) in [7, 11) is 0. The first kappa shape index (κ1) is 15.8. The van der Waals surface area contributed by atoms with Crippen LogP contribution in [0.1, 0.15) is 22.8 Å². The maximum Gasteiger partial charge on any atom is 0.338 e. The monoisotopic (exact) mass is 298 g/mol. The van der Waals surface area contributed by atoms with Crippen LogP contribution >= 0.6 is 0 Å². The van der Waals surface area contributed by atoms with Crippen LogP contribution in [0.4, 0.5) is 0 Å². The Labute approximate surface area is 129 Å². The number of hydrogen-bond donors (Lipinski definition) is 1. The standard InChI is InChI=1S/C18H18O4/c1-13(22-18(21)15-10-6-3-7-11-15)16(17(19)20)12-14-8-4-2-5-9-14/h2-11,13,16H,12H2,1H3,(H,19,20). The fourth-order valence-corrected chi connectivity index (χ4v) is 2.22. The summed E-state index contributed by atoms with van der Waals surface area (Å²) in [6.07, 6.45) is -0.398. The molecule has 4 nitrogen and oxygen atoms in total. The topological polar surface area (TPSA) is 63.6 Å². The number of carbonyl (C=O) groups excluding carboxylic acids is 1. The molecule has 22 heavy (non-hydrogen) atoms. The lowest BCUT2D eigenvalue weighted by Gasteiger charge is -2.20. The summed E-state index contributed by atoms with van der Waals surface area (Å²) in [6, 6.07) is 17.9. The molecule has 4 heteroatoms. The van der Waals surface area contributed by atoms with Gasteiger partial charge in [-0.1, -0.05) is 48.5 Å². The Hall–Kier alpha value is -2.62. The van der Waals surface area contributed by atoms with Crippen LogP contribution in [0, 0.1) is 5.92 Å². The third kappa shape index (κ3) is 4.19. The van der Waals surface area contributed by atoms with Gasteiger partial charge in [0.15, 0.2) is 0 Å². The molecule has 0 radical (unpaired) electrons. The van der Waals surface area contributed by atoms with Crippen LogP contribution in [0.3, 0.4) is 0 Å². The summed E-state index contributed by atoms with van der Waals surface area (Å²) in [5.41, 5.74) is 1.32. The molecule has 0 bridgehead atoms. The average Bonchev–Trinajstić information content (AvgIpc) is 2.54. The third-order valence-electron chi connectivity index (χ3n) is 3.48. The number of carboxylic acids is 1. The Morgan fingerprint density at radius 1 is 1.00 bits per heavy atom. The largest absolute Gasteiger partial charge is 0.481 e. The second kappa shape index (κ2) is 7.41. The summed E-state index contributed by atoms with van der Waals surface area (Å²) >= 11 is 0. The number of ether oxygens (including phenoxy) is 1. The van der Waals surface area contributed by atoms with Crippen LogP contribution in [0.15, 0.2) is 60.7 Å². The second-order valence-electron chi connectivity index (χ2n) is 5.11. The van der Waals surface area contributed by atoms with Gasteiger partial charge >= 0.3 is 11.9 Å². The molecule has 2 aromatic rings. The molecule has 0 amide bonds. The molecule has 0 saturated carbocycles. The lowest BCUT2D eigenvalue weighted by atomic mass is 9.95. The first-order valence-corrected chi connectivity index (χ1v) is 7.10. The average molecular weight is 298 g/mol. The maximum absolute atomic E-state index is 12.0. The molecular formula is C18H18O4. The Balaban J connectivity index is 2.05. The van der Waals surface area contributed by atoms with Gasteiger partial charge in [-0.15, -0.1) is 0 Å². The van der Waals surface area contributed by atoms with E-state index in [0.29, 0.717) is 12.0 Å². The third-order valence-corrected chi connectivity index (χ3v) is 3.48. The van der Waals surface area contributed by atoms with Crippen molar-refractivity contribution < 1.29 is 19.4 Å². The van der Waals surface area contributed by atoms with Crippen molar-refractivity contribution in [1.29, 1.82) is 0 Å². The number of benzene rings is 2. The fraction of sp³-hybridized carbons (Fsp3) is 0.222. The number of hydrogen-bond acceptors (Lipinski definition) is 3. The molecule has 2 rings (SSSR count). The zero-order valence-electron chi connectivity index (χ0n) is 12.3.